The normalized spacial score (nSPS) is 10.4. The largest absolute Gasteiger partial charge is 0.496 e. The summed E-state index contributed by atoms with van der Waals surface area (Å²) in [5.41, 5.74) is 0.453. The van der Waals surface area contributed by atoms with Crippen molar-refractivity contribution in [3.05, 3.63) is 35.1 Å². The summed E-state index contributed by atoms with van der Waals surface area (Å²) in [5, 5.41) is 0.673. The molecule has 0 amide bonds. The molecule has 4 heteroatoms. The molecular formula is C12H12FNOS. The van der Waals surface area contributed by atoms with Gasteiger partial charge in [0.1, 0.15) is 16.6 Å². The van der Waals surface area contributed by atoms with Crippen molar-refractivity contribution in [3.63, 3.8) is 0 Å². The van der Waals surface area contributed by atoms with E-state index in [1.54, 1.807) is 18.3 Å². The number of methoxy groups -OCH3 is 1. The summed E-state index contributed by atoms with van der Waals surface area (Å²) in [6.07, 6.45) is 2.69. The number of aryl methyl sites for hydroxylation is 1. The predicted octanol–water partition coefficient (Wildman–Crippen LogP) is 3.52. The maximum atomic E-state index is 13.7. The molecule has 16 heavy (non-hydrogen) atoms. The Kier molecular flexibility index (Phi) is 3.19. The molecule has 0 radical (unpaired) electrons. The van der Waals surface area contributed by atoms with Crippen molar-refractivity contribution in [3.8, 4) is 16.3 Å². The van der Waals surface area contributed by atoms with Crippen LogP contribution in [0.2, 0.25) is 0 Å². The van der Waals surface area contributed by atoms with E-state index in [1.807, 2.05) is 0 Å². The van der Waals surface area contributed by atoms with Crippen LogP contribution in [0.5, 0.6) is 5.75 Å². The smallest absolute Gasteiger partial charge is 0.137 e. The molecule has 0 saturated heterocycles. The minimum absolute atomic E-state index is 0.295. The molecule has 0 saturated carbocycles. The zero-order valence-electron chi connectivity index (χ0n) is 9.16. The Hall–Kier alpha value is -1.42. The van der Waals surface area contributed by atoms with Crippen molar-refractivity contribution in [2.45, 2.75) is 13.3 Å². The summed E-state index contributed by atoms with van der Waals surface area (Å²) in [6, 6.07) is 4.79. The minimum atomic E-state index is -0.295. The topological polar surface area (TPSA) is 22.1 Å². The van der Waals surface area contributed by atoms with Gasteiger partial charge in [-0.1, -0.05) is 13.0 Å². The van der Waals surface area contributed by atoms with E-state index >= 15 is 0 Å². The molecule has 0 N–H and O–H groups in total. The molecule has 1 aromatic carbocycles. The van der Waals surface area contributed by atoms with Crippen LogP contribution in [0.15, 0.2) is 24.4 Å². The summed E-state index contributed by atoms with van der Waals surface area (Å²) in [5.74, 6) is 0.230. The van der Waals surface area contributed by atoms with Crippen molar-refractivity contribution < 1.29 is 9.13 Å². The number of hydrogen-bond acceptors (Lipinski definition) is 3. The van der Waals surface area contributed by atoms with E-state index < -0.39 is 0 Å². The Balaban J connectivity index is 2.53. The van der Waals surface area contributed by atoms with Crippen LogP contribution in [-0.4, -0.2) is 12.1 Å². The van der Waals surface area contributed by atoms with Gasteiger partial charge in [0.15, 0.2) is 0 Å². The van der Waals surface area contributed by atoms with Gasteiger partial charge in [0.2, 0.25) is 0 Å². The highest BCUT2D eigenvalue weighted by Gasteiger charge is 2.14. The number of thiazole rings is 1. The Morgan fingerprint density at radius 1 is 1.44 bits per heavy atom. The maximum absolute atomic E-state index is 13.7. The summed E-state index contributed by atoms with van der Waals surface area (Å²) >= 11 is 1.50. The third-order valence-corrected chi connectivity index (χ3v) is 3.47. The van der Waals surface area contributed by atoms with Gasteiger partial charge in [-0.3, -0.25) is 0 Å². The molecule has 0 spiro atoms. The fourth-order valence-corrected chi connectivity index (χ4v) is 2.37. The number of ether oxygens (including phenoxy) is 1. The van der Waals surface area contributed by atoms with Crippen molar-refractivity contribution in [2.75, 3.05) is 7.11 Å². The van der Waals surface area contributed by atoms with Crippen LogP contribution in [0.4, 0.5) is 4.39 Å². The highest BCUT2D eigenvalue weighted by atomic mass is 32.1. The second-order valence-electron chi connectivity index (χ2n) is 3.30. The molecule has 2 rings (SSSR count). The van der Waals surface area contributed by atoms with Crippen molar-refractivity contribution in [1.29, 1.82) is 0 Å². The molecule has 2 aromatic rings. The summed E-state index contributed by atoms with van der Waals surface area (Å²) in [4.78, 5) is 5.36. The van der Waals surface area contributed by atoms with Gasteiger partial charge < -0.3 is 4.74 Å². The van der Waals surface area contributed by atoms with Crippen molar-refractivity contribution >= 4 is 11.3 Å². The summed E-state index contributed by atoms with van der Waals surface area (Å²) < 4.78 is 18.9. The molecule has 0 aliphatic rings. The van der Waals surface area contributed by atoms with Crippen LogP contribution in [0.3, 0.4) is 0 Å². The van der Waals surface area contributed by atoms with Crippen molar-refractivity contribution in [2.24, 2.45) is 0 Å². The molecule has 0 aliphatic carbocycles. The zero-order chi connectivity index (χ0) is 11.5. The third kappa shape index (κ3) is 1.93. The molecule has 0 unspecified atom stereocenters. The second-order valence-corrected chi connectivity index (χ2v) is 4.42. The van der Waals surface area contributed by atoms with E-state index in [2.05, 4.69) is 11.9 Å². The van der Waals surface area contributed by atoms with Gasteiger partial charge in [-0.25, -0.2) is 9.37 Å². The van der Waals surface area contributed by atoms with Gasteiger partial charge in [-0.15, -0.1) is 11.3 Å². The first-order valence-corrected chi connectivity index (χ1v) is 5.85. The first-order valence-electron chi connectivity index (χ1n) is 5.03. The Bertz CT molecular complexity index is 496. The lowest BCUT2D eigenvalue weighted by molar-refractivity contribution is 0.413. The Labute approximate surface area is 97.7 Å². The molecule has 84 valence electrons. The average molecular weight is 237 g/mol. The second kappa shape index (κ2) is 4.61. The molecule has 2 nitrogen and oxygen atoms in total. The van der Waals surface area contributed by atoms with Gasteiger partial charge >= 0.3 is 0 Å². The van der Waals surface area contributed by atoms with Crippen LogP contribution >= 0.6 is 11.3 Å². The van der Waals surface area contributed by atoms with Crippen LogP contribution in [0.25, 0.3) is 10.6 Å². The monoisotopic (exact) mass is 237 g/mol. The molecule has 1 heterocycles. The van der Waals surface area contributed by atoms with Crippen LogP contribution in [0, 0.1) is 5.82 Å². The van der Waals surface area contributed by atoms with E-state index in [0.29, 0.717) is 16.3 Å². The van der Waals surface area contributed by atoms with Crippen molar-refractivity contribution in [1.82, 2.24) is 4.98 Å². The molecule has 1 aromatic heterocycles. The van der Waals surface area contributed by atoms with Gasteiger partial charge in [-0.2, -0.15) is 0 Å². The molecular weight excluding hydrogens is 225 g/mol. The van der Waals surface area contributed by atoms with Gasteiger partial charge in [-0.05, 0) is 18.6 Å². The lowest BCUT2D eigenvalue weighted by atomic mass is 10.2. The van der Waals surface area contributed by atoms with Crippen LogP contribution in [-0.2, 0) is 6.42 Å². The van der Waals surface area contributed by atoms with Gasteiger partial charge in [0.25, 0.3) is 0 Å². The van der Waals surface area contributed by atoms with E-state index in [9.17, 15) is 4.39 Å². The number of hydrogen-bond donors (Lipinski definition) is 0. The van der Waals surface area contributed by atoms with E-state index in [0.717, 1.165) is 11.3 Å². The quantitative estimate of drug-likeness (QED) is 0.814. The fraction of sp³-hybridized carbons (Fsp3) is 0.250. The van der Waals surface area contributed by atoms with Crippen LogP contribution in [0.1, 0.15) is 11.8 Å². The molecule has 0 fully saturated rings. The van der Waals surface area contributed by atoms with Gasteiger partial charge in [0.05, 0.1) is 12.7 Å². The zero-order valence-corrected chi connectivity index (χ0v) is 9.97. The lowest BCUT2D eigenvalue weighted by Crippen LogP contribution is -1.90. The predicted molar refractivity (Wildman–Crippen MR) is 63.4 cm³/mol. The highest BCUT2D eigenvalue weighted by molar-refractivity contribution is 7.15. The highest BCUT2D eigenvalue weighted by Crippen LogP contribution is 2.35. The third-order valence-electron chi connectivity index (χ3n) is 2.31. The van der Waals surface area contributed by atoms with Gasteiger partial charge in [0, 0.05) is 11.1 Å². The van der Waals surface area contributed by atoms with E-state index in [4.69, 9.17) is 4.74 Å². The minimum Gasteiger partial charge on any atom is -0.496 e. The first kappa shape index (κ1) is 11.1. The number of rotatable bonds is 3. The number of benzene rings is 1. The number of halogens is 1. The summed E-state index contributed by atoms with van der Waals surface area (Å²) in [7, 11) is 1.53. The fourth-order valence-electron chi connectivity index (χ4n) is 1.47. The summed E-state index contributed by atoms with van der Waals surface area (Å²) in [6.45, 7) is 2.05. The molecule has 0 bridgehead atoms. The van der Waals surface area contributed by atoms with Crippen LogP contribution < -0.4 is 4.74 Å². The first-order chi connectivity index (χ1) is 7.76. The van der Waals surface area contributed by atoms with E-state index in [1.165, 1.54) is 24.5 Å². The number of nitrogens with zero attached hydrogens (tertiary/aromatic N) is 1. The standard InChI is InChI=1S/C12H12FNOS/c1-3-8-7-14-12(16-8)11-9(13)5-4-6-10(11)15-2/h4-7H,3H2,1-2H3. The SMILES string of the molecule is CCc1cnc(-c2c(F)cccc2OC)s1. The Morgan fingerprint density at radius 3 is 2.88 bits per heavy atom. The maximum Gasteiger partial charge on any atom is 0.137 e. The average Bonchev–Trinajstić information content (AvgIpc) is 2.76. The van der Waals surface area contributed by atoms with E-state index in [-0.39, 0.29) is 5.82 Å². The Morgan fingerprint density at radius 2 is 2.25 bits per heavy atom. The lowest BCUT2D eigenvalue weighted by Gasteiger charge is -2.06. The number of aromatic nitrogens is 1. The molecule has 0 aliphatic heterocycles. The molecule has 0 atom stereocenters.